The lowest BCUT2D eigenvalue weighted by Gasteiger charge is -2.32. The minimum atomic E-state index is 0.00509. The SMILES string of the molecule is NCCCOc1cc(Cl)ccc1C(=O)N1CCC(Cn2ccnc2)CC1. The molecular formula is C19H25ClN4O2. The van der Waals surface area contributed by atoms with Crippen LogP contribution in [0.1, 0.15) is 29.6 Å². The molecule has 140 valence electrons. The van der Waals surface area contributed by atoms with E-state index in [1.54, 1.807) is 24.4 Å². The van der Waals surface area contributed by atoms with Crippen LogP contribution in [0.25, 0.3) is 0 Å². The Hall–Kier alpha value is -2.05. The molecule has 6 nitrogen and oxygen atoms in total. The van der Waals surface area contributed by atoms with Crippen LogP contribution in [0.3, 0.4) is 0 Å². The average Bonchev–Trinajstić information content (AvgIpc) is 3.15. The molecule has 0 bridgehead atoms. The summed E-state index contributed by atoms with van der Waals surface area (Å²) in [5, 5.41) is 0.559. The van der Waals surface area contributed by atoms with Gasteiger partial charge in [-0.15, -0.1) is 0 Å². The zero-order chi connectivity index (χ0) is 18.4. The summed E-state index contributed by atoms with van der Waals surface area (Å²) < 4.78 is 7.84. The summed E-state index contributed by atoms with van der Waals surface area (Å²) in [6.45, 7) is 3.49. The van der Waals surface area contributed by atoms with E-state index in [-0.39, 0.29) is 5.91 Å². The molecule has 1 saturated heterocycles. The van der Waals surface area contributed by atoms with Gasteiger partial charge in [0.05, 0.1) is 18.5 Å². The van der Waals surface area contributed by atoms with Crippen LogP contribution in [-0.2, 0) is 6.54 Å². The third-order valence-electron chi connectivity index (χ3n) is 4.71. The lowest BCUT2D eigenvalue weighted by Crippen LogP contribution is -2.39. The van der Waals surface area contributed by atoms with E-state index in [0.29, 0.717) is 35.4 Å². The van der Waals surface area contributed by atoms with E-state index in [0.717, 1.165) is 38.9 Å². The second kappa shape index (κ2) is 9.05. The second-order valence-corrected chi connectivity index (χ2v) is 7.06. The maximum Gasteiger partial charge on any atom is 0.257 e. The molecule has 2 N–H and O–H groups in total. The van der Waals surface area contributed by atoms with Crippen molar-refractivity contribution in [2.45, 2.75) is 25.8 Å². The van der Waals surface area contributed by atoms with E-state index in [4.69, 9.17) is 22.1 Å². The Balaban J connectivity index is 1.61. The number of carbonyl (C=O) groups is 1. The van der Waals surface area contributed by atoms with Crippen molar-refractivity contribution in [3.63, 3.8) is 0 Å². The number of ether oxygens (including phenoxy) is 1. The number of nitrogens with zero attached hydrogens (tertiary/aromatic N) is 3. The number of carbonyl (C=O) groups excluding carboxylic acids is 1. The summed E-state index contributed by atoms with van der Waals surface area (Å²) in [7, 11) is 0. The molecule has 0 spiro atoms. The van der Waals surface area contributed by atoms with Crippen molar-refractivity contribution in [2.24, 2.45) is 11.7 Å². The van der Waals surface area contributed by atoms with Crippen LogP contribution in [0.15, 0.2) is 36.9 Å². The molecule has 2 heterocycles. The molecule has 26 heavy (non-hydrogen) atoms. The Labute approximate surface area is 158 Å². The lowest BCUT2D eigenvalue weighted by molar-refractivity contribution is 0.0678. The number of hydrogen-bond acceptors (Lipinski definition) is 4. The van der Waals surface area contributed by atoms with Gasteiger partial charge in [0.2, 0.25) is 0 Å². The summed E-state index contributed by atoms with van der Waals surface area (Å²) in [6, 6.07) is 5.19. The van der Waals surface area contributed by atoms with E-state index < -0.39 is 0 Å². The van der Waals surface area contributed by atoms with Gasteiger partial charge in [0.15, 0.2) is 0 Å². The number of imidazole rings is 1. The van der Waals surface area contributed by atoms with E-state index in [2.05, 4.69) is 9.55 Å². The molecule has 0 radical (unpaired) electrons. The van der Waals surface area contributed by atoms with Crippen LogP contribution in [0.4, 0.5) is 0 Å². The molecule has 0 atom stereocenters. The van der Waals surface area contributed by atoms with Crippen molar-refractivity contribution in [1.29, 1.82) is 0 Å². The van der Waals surface area contributed by atoms with Crippen LogP contribution in [0.2, 0.25) is 5.02 Å². The van der Waals surface area contributed by atoms with Crippen LogP contribution in [0.5, 0.6) is 5.75 Å². The summed E-state index contributed by atoms with van der Waals surface area (Å²) in [4.78, 5) is 18.9. The molecule has 1 aromatic carbocycles. The van der Waals surface area contributed by atoms with Crippen LogP contribution >= 0.6 is 11.6 Å². The van der Waals surface area contributed by atoms with Gasteiger partial charge in [-0.1, -0.05) is 11.6 Å². The number of benzene rings is 1. The molecular weight excluding hydrogens is 352 g/mol. The van der Waals surface area contributed by atoms with Crippen molar-refractivity contribution >= 4 is 17.5 Å². The molecule has 1 aromatic heterocycles. The molecule has 0 saturated carbocycles. The Morgan fingerprint density at radius 1 is 1.35 bits per heavy atom. The van der Waals surface area contributed by atoms with Gasteiger partial charge in [-0.05, 0) is 49.9 Å². The van der Waals surface area contributed by atoms with Gasteiger partial charge >= 0.3 is 0 Å². The zero-order valence-electron chi connectivity index (χ0n) is 14.8. The van der Waals surface area contributed by atoms with Gasteiger partial charge in [0, 0.05) is 37.1 Å². The molecule has 7 heteroatoms. The number of rotatable bonds is 7. The monoisotopic (exact) mass is 376 g/mol. The smallest absolute Gasteiger partial charge is 0.257 e. The van der Waals surface area contributed by atoms with Crippen LogP contribution < -0.4 is 10.5 Å². The molecule has 1 aliphatic heterocycles. The van der Waals surface area contributed by atoms with Gasteiger partial charge in [-0.25, -0.2) is 4.98 Å². The fourth-order valence-corrected chi connectivity index (χ4v) is 3.40. The maximum atomic E-state index is 13.0. The number of amides is 1. The van der Waals surface area contributed by atoms with Crippen molar-refractivity contribution in [3.8, 4) is 5.75 Å². The van der Waals surface area contributed by atoms with E-state index >= 15 is 0 Å². The highest BCUT2D eigenvalue weighted by atomic mass is 35.5. The molecule has 2 aromatic rings. The van der Waals surface area contributed by atoms with Gasteiger partial charge in [0.1, 0.15) is 5.75 Å². The fraction of sp³-hybridized carbons (Fsp3) is 0.474. The summed E-state index contributed by atoms with van der Waals surface area (Å²) in [5.41, 5.74) is 6.08. The first-order chi connectivity index (χ1) is 12.7. The van der Waals surface area contributed by atoms with E-state index in [1.165, 1.54) is 0 Å². The Bertz CT molecular complexity index is 712. The largest absolute Gasteiger partial charge is 0.493 e. The first-order valence-corrected chi connectivity index (χ1v) is 9.42. The average molecular weight is 377 g/mol. The predicted molar refractivity (Wildman–Crippen MR) is 101 cm³/mol. The first-order valence-electron chi connectivity index (χ1n) is 9.05. The van der Waals surface area contributed by atoms with Crippen molar-refractivity contribution in [3.05, 3.63) is 47.5 Å². The minimum Gasteiger partial charge on any atom is -0.493 e. The van der Waals surface area contributed by atoms with Crippen LogP contribution in [0, 0.1) is 5.92 Å². The third-order valence-corrected chi connectivity index (χ3v) is 4.95. The zero-order valence-corrected chi connectivity index (χ0v) is 15.6. The number of piperidine rings is 1. The topological polar surface area (TPSA) is 73.4 Å². The first kappa shape index (κ1) is 18.7. The maximum absolute atomic E-state index is 13.0. The Kier molecular flexibility index (Phi) is 6.52. The van der Waals surface area contributed by atoms with Gasteiger partial charge < -0.3 is 19.9 Å². The van der Waals surface area contributed by atoms with Crippen molar-refractivity contribution in [2.75, 3.05) is 26.2 Å². The standard InChI is InChI=1S/C19H25ClN4O2/c20-16-2-3-17(18(12-16)26-11-1-6-21)19(25)24-8-4-15(5-9-24)13-23-10-7-22-14-23/h2-3,7,10,12,14-15H,1,4-6,8-9,11,13,21H2. The van der Waals surface area contributed by atoms with Crippen LogP contribution in [-0.4, -0.2) is 46.6 Å². The van der Waals surface area contributed by atoms with Crippen molar-refractivity contribution < 1.29 is 9.53 Å². The molecule has 0 unspecified atom stereocenters. The molecule has 1 amide bonds. The normalized spacial score (nSPS) is 15.2. The second-order valence-electron chi connectivity index (χ2n) is 6.63. The third kappa shape index (κ3) is 4.77. The number of nitrogens with two attached hydrogens (primary N) is 1. The van der Waals surface area contributed by atoms with Gasteiger partial charge in [-0.3, -0.25) is 4.79 Å². The predicted octanol–water partition coefficient (Wildman–Crippen LogP) is 2.82. The van der Waals surface area contributed by atoms with E-state index in [1.807, 2.05) is 17.4 Å². The highest BCUT2D eigenvalue weighted by molar-refractivity contribution is 6.30. The summed E-state index contributed by atoms with van der Waals surface area (Å²) in [6.07, 6.45) is 8.33. The fourth-order valence-electron chi connectivity index (χ4n) is 3.24. The van der Waals surface area contributed by atoms with Gasteiger partial charge in [-0.2, -0.15) is 0 Å². The van der Waals surface area contributed by atoms with E-state index in [9.17, 15) is 4.79 Å². The molecule has 3 rings (SSSR count). The molecule has 1 aliphatic rings. The highest BCUT2D eigenvalue weighted by Gasteiger charge is 2.25. The number of likely N-dealkylation sites (tertiary alicyclic amines) is 1. The number of hydrogen-bond donors (Lipinski definition) is 1. The highest BCUT2D eigenvalue weighted by Crippen LogP contribution is 2.27. The van der Waals surface area contributed by atoms with Gasteiger partial charge in [0.25, 0.3) is 5.91 Å². The summed E-state index contributed by atoms with van der Waals surface area (Å²) in [5.74, 6) is 1.11. The quantitative estimate of drug-likeness (QED) is 0.754. The Morgan fingerprint density at radius 3 is 2.85 bits per heavy atom. The number of aromatic nitrogens is 2. The van der Waals surface area contributed by atoms with Crippen molar-refractivity contribution in [1.82, 2.24) is 14.5 Å². The number of halogens is 1. The summed E-state index contributed by atoms with van der Waals surface area (Å²) >= 11 is 6.07. The Morgan fingerprint density at radius 2 is 2.15 bits per heavy atom. The lowest BCUT2D eigenvalue weighted by atomic mass is 9.96. The molecule has 0 aliphatic carbocycles. The molecule has 1 fully saturated rings. The minimum absolute atomic E-state index is 0.00509.